The van der Waals surface area contributed by atoms with Crippen molar-refractivity contribution in [2.45, 2.75) is 12.5 Å². The van der Waals surface area contributed by atoms with Crippen LogP contribution in [0.1, 0.15) is 5.56 Å². The fourth-order valence-corrected chi connectivity index (χ4v) is 1.50. The third-order valence-electron chi connectivity index (χ3n) is 2.32. The van der Waals surface area contributed by atoms with Crippen LogP contribution in [0.15, 0.2) is 36.5 Å². The van der Waals surface area contributed by atoms with E-state index in [0.717, 1.165) is 5.56 Å². The van der Waals surface area contributed by atoms with E-state index < -0.39 is 12.0 Å². The summed E-state index contributed by atoms with van der Waals surface area (Å²) in [6.07, 6.45) is 1.91. The van der Waals surface area contributed by atoms with Crippen LogP contribution < -0.4 is 5.32 Å². The first-order valence-electron chi connectivity index (χ1n) is 5.15. The van der Waals surface area contributed by atoms with Gasteiger partial charge in [-0.3, -0.25) is 5.10 Å². The number of hydrogen-bond donors (Lipinski definition) is 3. The van der Waals surface area contributed by atoms with Gasteiger partial charge in [0.15, 0.2) is 5.82 Å². The minimum Gasteiger partial charge on any atom is -0.480 e. The van der Waals surface area contributed by atoms with Crippen LogP contribution in [0.3, 0.4) is 0 Å². The first-order valence-corrected chi connectivity index (χ1v) is 5.15. The molecule has 0 aliphatic heterocycles. The van der Waals surface area contributed by atoms with Crippen LogP contribution in [0, 0.1) is 0 Å². The Morgan fingerprint density at radius 1 is 1.41 bits per heavy atom. The fourth-order valence-electron chi connectivity index (χ4n) is 1.50. The lowest BCUT2D eigenvalue weighted by atomic mass is 10.1. The van der Waals surface area contributed by atoms with Crippen molar-refractivity contribution >= 4 is 11.8 Å². The standard InChI is InChI=1S/C11H12N4O2/c16-11(17)9(13-10-7-12-15-14-10)6-8-4-2-1-3-5-8/h1-5,7,9H,6H2,(H,16,17)(H2,12,13,14,15). The van der Waals surface area contributed by atoms with Gasteiger partial charge in [-0.15, -0.1) is 5.10 Å². The zero-order valence-electron chi connectivity index (χ0n) is 9.00. The van der Waals surface area contributed by atoms with Crippen molar-refractivity contribution in [2.24, 2.45) is 0 Å². The highest BCUT2D eigenvalue weighted by atomic mass is 16.4. The van der Waals surface area contributed by atoms with Crippen LogP contribution in [0.5, 0.6) is 0 Å². The summed E-state index contributed by atoms with van der Waals surface area (Å²) in [6.45, 7) is 0. The molecule has 17 heavy (non-hydrogen) atoms. The lowest BCUT2D eigenvalue weighted by Gasteiger charge is -2.13. The smallest absolute Gasteiger partial charge is 0.326 e. The van der Waals surface area contributed by atoms with Crippen molar-refractivity contribution < 1.29 is 9.90 Å². The second-order valence-corrected chi connectivity index (χ2v) is 3.58. The summed E-state index contributed by atoms with van der Waals surface area (Å²) in [4.78, 5) is 11.1. The first kappa shape index (κ1) is 11.1. The molecule has 0 fully saturated rings. The van der Waals surface area contributed by atoms with E-state index in [-0.39, 0.29) is 0 Å². The van der Waals surface area contributed by atoms with E-state index in [2.05, 4.69) is 20.7 Å². The molecule has 2 rings (SSSR count). The Kier molecular flexibility index (Phi) is 3.34. The average Bonchev–Trinajstić information content (AvgIpc) is 2.82. The minimum atomic E-state index is -0.920. The molecule has 0 aliphatic rings. The molecule has 0 amide bonds. The predicted octanol–water partition coefficient (Wildman–Crippen LogP) is 0.912. The van der Waals surface area contributed by atoms with Gasteiger partial charge in [-0.25, -0.2) is 4.79 Å². The third-order valence-corrected chi connectivity index (χ3v) is 2.32. The van der Waals surface area contributed by atoms with Crippen molar-refractivity contribution in [2.75, 3.05) is 5.32 Å². The summed E-state index contributed by atoms with van der Waals surface area (Å²) < 4.78 is 0. The van der Waals surface area contributed by atoms with Crippen LogP contribution in [0.2, 0.25) is 0 Å². The van der Waals surface area contributed by atoms with Crippen LogP contribution in [-0.2, 0) is 11.2 Å². The van der Waals surface area contributed by atoms with E-state index in [4.69, 9.17) is 5.11 Å². The Morgan fingerprint density at radius 2 is 2.18 bits per heavy atom. The lowest BCUT2D eigenvalue weighted by molar-refractivity contribution is -0.137. The second-order valence-electron chi connectivity index (χ2n) is 3.58. The highest BCUT2D eigenvalue weighted by Crippen LogP contribution is 2.08. The predicted molar refractivity (Wildman–Crippen MR) is 61.6 cm³/mol. The van der Waals surface area contributed by atoms with Crippen LogP contribution in [-0.4, -0.2) is 32.5 Å². The van der Waals surface area contributed by atoms with Gasteiger partial charge in [0, 0.05) is 6.42 Å². The number of nitrogens with one attached hydrogen (secondary N) is 2. The molecule has 1 heterocycles. The van der Waals surface area contributed by atoms with Crippen molar-refractivity contribution in [3.63, 3.8) is 0 Å². The largest absolute Gasteiger partial charge is 0.480 e. The van der Waals surface area contributed by atoms with Gasteiger partial charge in [0.1, 0.15) is 6.04 Å². The molecule has 1 unspecified atom stereocenters. The number of aromatic amines is 1. The monoisotopic (exact) mass is 232 g/mol. The number of hydrogen-bond acceptors (Lipinski definition) is 4. The number of aromatic nitrogens is 3. The van der Waals surface area contributed by atoms with Crippen molar-refractivity contribution in [3.05, 3.63) is 42.1 Å². The van der Waals surface area contributed by atoms with E-state index in [0.29, 0.717) is 12.2 Å². The number of H-pyrrole nitrogens is 1. The quantitative estimate of drug-likeness (QED) is 0.712. The summed E-state index contributed by atoms with van der Waals surface area (Å²) in [7, 11) is 0. The minimum absolute atomic E-state index is 0.392. The van der Waals surface area contributed by atoms with Gasteiger partial charge in [-0.2, -0.15) is 0 Å². The molecule has 6 nitrogen and oxygen atoms in total. The molecule has 0 saturated carbocycles. The Bertz CT molecular complexity index is 469. The van der Waals surface area contributed by atoms with E-state index in [9.17, 15) is 4.79 Å². The summed E-state index contributed by atoms with van der Waals surface area (Å²) >= 11 is 0. The number of carboxylic acids is 1. The molecule has 2 aromatic rings. The van der Waals surface area contributed by atoms with E-state index in [1.807, 2.05) is 30.3 Å². The van der Waals surface area contributed by atoms with Gasteiger partial charge in [-0.05, 0) is 5.56 Å². The number of carbonyl (C=O) groups is 1. The maximum absolute atomic E-state index is 11.1. The Labute approximate surface area is 97.7 Å². The van der Waals surface area contributed by atoms with Gasteiger partial charge in [0.25, 0.3) is 0 Å². The Morgan fingerprint density at radius 3 is 2.76 bits per heavy atom. The van der Waals surface area contributed by atoms with Crippen LogP contribution in [0.4, 0.5) is 5.82 Å². The molecule has 3 N–H and O–H groups in total. The molecule has 1 atom stereocenters. The average molecular weight is 232 g/mol. The van der Waals surface area contributed by atoms with Crippen LogP contribution in [0.25, 0.3) is 0 Å². The zero-order chi connectivity index (χ0) is 12.1. The number of benzene rings is 1. The molecule has 0 saturated heterocycles. The normalized spacial score (nSPS) is 12.0. The molecule has 0 aliphatic carbocycles. The number of rotatable bonds is 5. The van der Waals surface area contributed by atoms with Gasteiger partial charge in [0.05, 0.1) is 6.20 Å². The summed E-state index contributed by atoms with van der Waals surface area (Å²) in [5.41, 5.74) is 0.955. The maximum atomic E-state index is 11.1. The van der Waals surface area contributed by atoms with Crippen molar-refractivity contribution in [1.82, 2.24) is 15.4 Å². The van der Waals surface area contributed by atoms with E-state index in [1.54, 1.807) is 0 Å². The molecular formula is C11H12N4O2. The van der Waals surface area contributed by atoms with E-state index >= 15 is 0 Å². The van der Waals surface area contributed by atoms with Gasteiger partial charge >= 0.3 is 5.97 Å². The molecule has 1 aromatic carbocycles. The summed E-state index contributed by atoms with van der Waals surface area (Å²) in [6, 6.07) is 8.71. The van der Waals surface area contributed by atoms with Crippen molar-refractivity contribution in [1.29, 1.82) is 0 Å². The highest BCUT2D eigenvalue weighted by Gasteiger charge is 2.18. The second kappa shape index (κ2) is 5.11. The van der Waals surface area contributed by atoms with Gasteiger partial charge in [-0.1, -0.05) is 35.5 Å². The molecule has 0 spiro atoms. The molecule has 88 valence electrons. The number of carboxylic acid groups (broad SMARTS) is 1. The van der Waals surface area contributed by atoms with E-state index in [1.165, 1.54) is 6.20 Å². The Balaban J connectivity index is 2.06. The van der Waals surface area contributed by atoms with Gasteiger partial charge < -0.3 is 10.4 Å². The molecule has 6 heteroatoms. The fraction of sp³-hybridized carbons (Fsp3) is 0.182. The van der Waals surface area contributed by atoms with Crippen LogP contribution >= 0.6 is 0 Å². The summed E-state index contributed by atoms with van der Waals surface area (Å²) in [5, 5.41) is 21.6. The molecule has 1 aromatic heterocycles. The third kappa shape index (κ3) is 3.04. The number of nitrogens with zero attached hydrogens (tertiary/aromatic N) is 2. The molecular weight excluding hydrogens is 220 g/mol. The van der Waals surface area contributed by atoms with Gasteiger partial charge in [0.2, 0.25) is 0 Å². The SMILES string of the molecule is O=C(O)C(Cc1ccccc1)Nc1c[nH]nn1. The summed E-state index contributed by atoms with van der Waals surface area (Å²) in [5.74, 6) is -0.495. The number of aliphatic carboxylic acids is 1. The molecule has 0 radical (unpaired) electrons. The Hall–Kier alpha value is -2.37. The van der Waals surface area contributed by atoms with Crippen molar-refractivity contribution in [3.8, 4) is 0 Å². The molecule has 0 bridgehead atoms. The highest BCUT2D eigenvalue weighted by molar-refractivity contribution is 5.77. The number of anilines is 1. The zero-order valence-corrected chi connectivity index (χ0v) is 9.00. The lowest BCUT2D eigenvalue weighted by Crippen LogP contribution is -2.31. The first-order chi connectivity index (χ1) is 8.25. The maximum Gasteiger partial charge on any atom is 0.326 e. The topological polar surface area (TPSA) is 90.9 Å².